The van der Waals surface area contributed by atoms with Crippen molar-refractivity contribution in [2.24, 2.45) is 0 Å². The number of alkyl halides is 1. The largest absolute Gasteiger partial charge is 0.296 e. The fourth-order valence-corrected chi connectivity index (χ4v) is 4.04. The van der Waals surface area contributed by atoms with Crippen molar-refractivity contribution in [3.8, 4) is 0 Å². The first kappa shape index (κ1) is 15.7. The van der Waals surface area contributed by atoms with E-state index in [1.165, 1.54) is 18.9 Å². The van der Waals surface area contributed by atoms with Gasteiger partial charge in [0.1, 0.15) is 5.82 Å². The quantitative estimate of drug-likeness (QED) is 0.349. The Morgan fingerprint density at radius 1 is 0.864 bits per heavy atom. The minimum absolute atomic E-state index is 0.189. The van der Waals surface area contributed by atoms with Gasteiger partial charge in [0.25, 0.3) is 0 Å². The van der Waals surface area contributed by atoms with E-state index in [9.17, 15) is 4.39 Å². The molecule has 3 rings (SSSR count). The Kier molecular flexibility index (Phi) is 5.26. The van der Waals surface area contributed by atoms with Gasteiger partial charge in [-0.15, -0.1) is 0 Å². The van der Waals surface area contributed by atoms with E-state index in [4.69, 9.17) is 0 Å². The van der Waals surface area contributed by atoms with E-state index in [1.54, 1.807) is 18.2 Å². The van der Waals surface area contributed by atoms with Crippen molar-refractivity contribution in [1.29, 1.82) is 0 Å². The zero-order valence-electron chi connectivity index (χ0n) is 12.2. The van der Waals surface area contributed by atoms with Gasteiger partial charge in [-0.25, -0.2) is 4.39 Å². The molecule has 0 fully saturated rings. The van der Waals surface area contributed by atoms with Gasteiger partial charge in [-0.1, -0.05) is 46.6 Å². The number of unbranched alkanes of at least 4 members (excludes halogenated alkanes) is 2. The minimum atomic E-state index is -0.189. The summed E-state index contributed by atoms with van der Waals surface area (Å²) >= 11 is 5.05. The van der Waals surface area contributed by atoms with Crippen molar-refractivity contribution in [1.82, 2.24) is 0 Å². The highest BCUT2D eigenvalue weighted by atomic mass is 79.9. The molecule has 1 aliphatic rings. The van der Waals surface area contributed by atoms with Crippen LogP contribution in [0.5, 0.6) is 0 Å². The number of hydrogen-bond acceptors (Lipinski definition) is 3. The molecule has 5 heteroatoms. The molecule has 0 N–H and O–H groups in total. The van der Waals surface area contributed by atoms with E-state index < -0.39 is 0 Å². The first-order chi connectivity index (χ1) is 10.8. The third-order valence-corrected chi connectivity index (χ3v) is 5.31. The zero-order chi connectivity index (χ0) is 15.4. The highest BCUT2D eigenvalue weighted by Gasteiger charge is 2.29. The number of halogens is 2. The topological polar surface area (TPSA) is 6.48 Å². The molecule has 0 bridgehead atoms. The number of anilines is 3. The first-order valence-electron chi connectivity index (χ1n) is 7.46. The number of rotatable bonds is 6. The van der Waals surface area contributed by atoms with Crippen molar-refractivity contribution in [2.75, 3.05) is 20.5 Å². The van der Waals surface area contributed by atoms with E-state index in [2.05, 4.69) is 26.3 Å². The molecular formula is C17H18BrFN2S. The summed E-state index contributed by atoms with van der Waals surface area (Å²) in [7, 11) is 0. The van der Waals surface area contributed by atoms with Crippen LogP contribution in [0.25, 0.3) is 0 Å². The second-order valence-electron chi connectivity index (χ2n) is 5.17. The molecule has 1 aliphatic heterocycles. The van der Waals surface area contributed by atoms with Crippen molar-refractivity contribution in [3.05, 3.63) is 54.3 Å². The lowest BCUT2D eigenvalue weighted by Gasteiger charge is -2.19. The van der Waals surface area contributed by atoms with Crippen LogP contribution < -0.4 is 8.61 Å². The molecule has 2 nitrogen and oxygen atoms in total. The summed E-state index contributed by atoms with van der Waals surface area (Å²) in [5.74, 6) is -0.189. The van der Waals surface area contributed by atoms with E-state index in [1.807, 2.05) is 34.6 Å². The standard InChI is InChI=1S/C17H18BrFN2S/c18-12-6-1-7-13-20-16-10-4-5-11-17(16)21(22-20)15-9-3-2-8-14(15)19/h2-5,8-11H,1,6-7,12-13H2. The number of hydrogen-bond donors (Lipinski definition) is 0. The Morgan fingerprint density at radius 3 is 2.27 bits per heavy atom. The van der Waals surface area contributed by atoms with Crippen molar-refractivity contribution in [2.45, 2.75) is 19.3 Å². The highest BCUT2D eigenvalue weighted by Crippen LogP contribution is 2.49. The maximum Gasteiger partial charge on any atom is 0.147 e. The number of fused-ring (bicyclic) bond motifs is 1. The van der Waals surface area contributed by atoms with Gasteiger partial charge in [0.05, 0.1) is 29.2 Å². The lowest BCUT2D eigenvalue weighted by molar-refractivity contribution is 0.630. The summed E-state index contributed by atoms with van der Waals surface area (Å²) in [6.45, 7) is 0.972. The normalized spacial score (nSPS) is 13.5. The fraction of sp³-hybridized carbons (Fsp3) is 0.294. The van der Waals surface area contributed by atoms with E-state index in [0.29, 0.717) is 5.69 Å². The second-order valence-corrected chi connectivity index (χ2v) is 6.93. The summed E-state index contributed by atoms with van der Waals surface area (Å²) in [5.41, 5.74) is 2.83. The van der Waals surface area contributed by atoms with E-state index >= 15 is 0 Å². The molecule has 0 aliphatic carbocycles. The van der Waals surface area contributed by atoms with Crippen LogP contribution in [0, 0.1) is 5.82 Å². The van der Waals surface area contributed by atoms with Crippen LogP contribution in [0.2, 0.25) is 0 Å². The summed E-state index contributed by atoms with van der Waals surface area (Å²) in [6.07, 6.45) is 3.53. The van der Waals surface area contributed by atoms with Crippen LogP contribution >= 0.6 is 28.1 Å². The number of nitrogens with zero attached hydrogens (tertiary/aromatic N) is 2. The fourth-order valence-electron chi connectivity index (χ4n) is 2.51. The van der Waals surface area contributed by atoms with Crippen LogP contribution in [-0.4, -0.2) is 11.9 Å². The lowest BCUT2D eigenvalue weighted by Crippen LogP contribution is -2.15. The Morgan fingerprint density at radius 2 is 1.55 bits per heavy atom. The predicted octanol–water partition coefficient (Wildman–Crippen LogP) is 5.91. The van der Waals surface area contributed by atoms with Crippen molar-refractivity contribution in [3.63, 3.8) is 0 Å². The molecule has 22 heavy (non-hydrogen) atoms. The summed E-state index contributed by atoms with van der Waals surface area (Å²) in [4.78, 5) is 0. The van der Waals surface area contributed by atoms with Crippen molar-refractivity contribution >= 4 is 45.1 Å². The SMILES string of the molecule is Fc1ccccc1N1SN(CCCCCBr)c2ccccc21. The minimum Gasteiger partial charge on any atom is -0.296 e. The number of benzene rings is 2. The molecule has 1 heterocycles. The van der Waals surface area contributed by atoms with Gasteiger partial charge < -0.3 is 0 Å². The summed E-state index contributed by atoms with van der Waals surface area (Å²) in [5, 5.41) is 1.05. The molecule has 0 atom stereocenters. The average molecular weight is 381 g/mol. The van der Waals surface area contributed by atoms with Crippen LogP contribution in [0.4, 0.5) is 21.5 Å². The molecule has 2 aromatic carbocycles. The Bertz CT molecular complexity index is 638. The first-order valence-corrected chi connectivity index (χ1v) is 9.31. The Hall–Kier alpha value is -1.20. The second kappa shape index (κ2) is 7.38. The zero-order valence-corrected chi connectivity index (χ0v) is 14.6. The highest BCUT2D eigenvalue weighted by molar-refractivity contribution is 9.09. The molecule has 0 spiro atoms. The molecule has 116 valence electrons. The maximum absolute atomic E-state index is 14.1. The van der Waals surface area contributed by atoms with Crippen molar-refractivity contribution < 1.29 is 4.39 Å². The third-order valence-electron chi connectivity index (χ3n) is 3.62. The molecule has 0 amide bonds. The lowest BCUT2D eigenvalue weighted by atomic mass is 10.2. The molecular weight excluding hydrogens is 363 g/mol. The summed E-state index contributed by atoms with van der Waals surface area (Å²) < 4.78 is 18.4. The molecule has 2 aromatic rings. The van der Waals surface area contributed by atoms with Gasteiger partial charge in [-0.2, -0.15) is 0 Å². The van der Waals surface area contributed by atoms with Gasteiger partial charge >= 0.3 is 0 Å². The van der Waals surface area contributed by atoms with Gasteiger partial charge in [0.2, 0.25) is 0 Å². The molecule has 0 saturated heterocycles. The molecule has 0 saturated carbocycles. The molecule has 0 aromatic heterocycles. The van der Waals surface area contributed by atoms with Crippen LogP contribution in [-0.2, 0) is 0 Å². The van der Waals surface area contributed by atoms with Gasteiger partial charge in [-0.3, -0.25) is 8.61 Å². The Balaban J connectivity index is 1.81. The van der Waals surface area contributed by atoms with Gasteiger partial charge in [-0.05, 0) is 37.1 Å². The van der Waals surface area contributed by atoms with Gasteiger partial charge in [0, 0.05) is 11.9 Å². The number of para-hydroxylation sites is 3. The van der Waals surface area contributed by atoms with Crippen LogP contribution in [0.15, 0.2) is 48.5 Å². The smallest absolute Gasteiger partial charge is 0.147 e. The van der Waals surface area contributed by atoms with E-state index in [0.717, 1.165) is 29.7 Å². The monoisotopic (exact) mass is 380 g/mol. The van der Waals surface area contributed by atoms with E-state index in [-0.39, 0.29) is 5.82 Å². The molecule has 0 radical (unpaired) electrons. The maximum atomic E-state index is 14.1. The van der Waals surface area contributed by atoms with Crippen LogP contribution in [0.3, 0.4) is 0 Å². The van der Waals surface area contributed by atoms with Gasteiger partial charge in [0.15, 0.2) is 0 Å². The van der Waals surface area contributed by atoms with Crippen LogP contribution in [0.1, 0.15) is 19.3 Å². The third kappa shape index (κ3) is 3.25. The predicted molar refractivity (Wildman–Crippen MR) is 97.6 cm³/mol. The average Bonchev–Trinajstić information content (AvgIpc) is 2.91. The Labute approximate surface area is 143 Å². The summed E-state index contributed by atoms with van der Waals surface area (Å²) in [6, 6.07) is 15.1. The molecule has 0 unspecified atom stereocenters.